The predicted octanol–water partition coefficient (Wildman–Crippen LogP) is 3.66. The Bertz CT molecular complexity index is 1070. The number of rotatable bonds is 4. The Kier molecular flexibility index (Phi) is 5.22. The molecule has 2 aromatic carbocycles. The molecule has 0 aliphatic carbocycles. The molecular weight excluding hydrogens is 400 g/mol. The van der Waals surface area contributed by atoms with E-state index in [0.717, 1.165) is 11.1 Å². The number of methoxy groups -OCH3 is 2. The van der Waals surface area contributed by atoms with Crippen LogP contribution in [0.4, 0.5) is 0 Å². The lowest BCUT2D eigenvalue weighted by Crippen LogP contribution is -2.48. The second-order valence-corrected chi connectivity index (χ2v) is 8.37. The van der Waals surface area contributed by atoms with Gasteiger partial charge in [-0.1, -0.05) is 35.9 Å². The van der Waals surface area contributed by atoms with E-state index in [9.17, 15) is 15.2 Å². The van der Waals surface area contributed by atoms with Crippen LogP contribution in [0, 0.1) is 18.3 Å². The maximum atomic E-state index is 13.2. The minimum Gasteiger partial charge on any atom is -0.493 e. The van der Waals surface area contributed by atoms with Gasteiger partial charge in [0, 0.05) is 17.9 Å². The molecule has 30 heavy (non-hydrogen) atoms. The van der Waals surface area contributed by atoms with Gasteiger partial charge >= 0.3 is 0 Å². The Labute approximate surface area is 179 Å². The number of ether oxygens (including phenoxy) is 2. The summed E-state index contributed by atoms with van der Waals surface area (Å²) in [6.45, 7) is 2.00. The molecule has 2 aliphatic heterocycles. The number of hydrogen-bond donors (Lipinski definition) is 1. The number of amides is 1. The largest absolute Gasteiger partial charge is 0.493 e. The number of benzene rings is 2. The van der Waals surface area contributed by atoms with Crippen LogP contribution in [-0.2, 0) is 10.5 Å². The van der Waals surface area contributed by atoms with E-state index in [1.165, 1.54) is 30.9 Å². The van der Waals surface area contributed by atoms with Crippen LogP contribution in [0.2, 0.25) is 0 Å². The summed E-state index contributed by atoms with van der Waals surface area (Å²) in [5, 5.41) is 22.0. The molecule has 2 aromatic rings. The van der Waals surface area contributed by atoms with Crippen LogP contribution in [0.25, 0.3) is 0 Å². The molecule has 0 aromatic heterocycles. The van der Waals surface area contributed by atoms with E-state index in [-0.39, 0.29) is 24.0 Å². The molecule has 7 heteroatoms. The van der Waals surface area contributed by atoms with E-state index >= 15 is 0 Å². The maximum Gasteiger partial charge on any atom is 0.231 e. The fourth-order valence-corrected chi connectivity index (χ4v) is 5.37. The molecule has 0 bridgehead atoms. The van der Waals surface area contributed by atoms with Crippen molar-refractivity contribution in [3.63, 3.8) is 0 Å². The summed E-state index contributed by atoms with van der Waals surface area (Å²) in [4.78, 5) is 14.6. The molecule has 2 aliphatic rings. The van der Waals surface area contributed by atoms with Gasteiger partial charge < -0.3 is 14.6 Å². The fourth-order valence-electron chi connectivity index (χ4n) is 4.01. The first-order valence-corrected chi connectivity index (χ1v) is 10.5. The average molecular weight is 423 g/mol. The molecule has 1 amide bonds. The quantitative estimate of drug-likeness (QED) is 0.810. The van der Waals surface area contributed by atoms with E-state index in [1.807, 2.05) is 31.2 Å². The molecule has 0 radical (unpaired) electrons. The van der Waals surface area contributed by atoms with Crippen molar-refractivity contribution in [1.82, 2.24) is 4.90 Å². The lowest BCUT2D eigenvalue weighted by Gasteiger charge is -2.38. The van der Waals surface area contributed by atoms with Crippen molar-refractivity contribution < 1.29 is 19.4 Å². The summed E-state index contributed by atoms with van der Waals surface area (Å²) in [6, 6.07) is 15.3. The summed E-state index contributed by atoms with van der Waals surface area (Å²) in [5.41, 5.74) is 1.52. The van der Waals surface area contributed by atoms with Crippen molar-refractivity contribution >= 4 is 17.7 Å². The van der Waals surface area contributed by atoms with E-state index in [0.29, 0.717) is 27.7 Å². The van der Waals surface area contributed by atoms with Crippen molar-refractivity contribution in [2.24, 2.45) is 0 Å². The Morgan fingerprint density at radius 2 is 1.87 bits per heavy atom. The van der Waals surface area contributed by atoms with Gasteiger partial charge in [-0.15, -0.1) is 11.8 Å². The normalized spacial score (nSPS) is 23.2. The predicted molar refractivity (Wildman–Crippen MR) is 114 cm³/mol. The molecule has 6 nitrogen and oxygen atoms in total. The zero-order chi connectivity index (χ0) is 21.5. The van der Waals surface area contributed by atoms with Gasteiger partial charge in [0.2, 0.25) is 5.91 Å². The third-order valence-electron chi connectivity index (χ3n) is 5.64. The molecular formula is C23H22N2O4S. The number of carbonyl (C=O) groups is 1. The first-order valence-electron chi connectivity index (χ1n) is 9.54. The minimum absolute atomic E-state index is 0.131. The summed E-state index contributed by atoms with van der Waals surface area (Å²) >= 11 is 1.33. The van der Waals surface area contributed by atoms with Crippen LogP contribution in [-0.4, -0.2) is 35.9 Å². The monoisotopic (exact) mass is 422 g/mol. The third kappa shape index (κ3) is 3.13. The number of carbonyl (C=O) groups excluding carboxylic acids is 1. The number of allylic oxidation sites excluding steroid dienone is 1. The number of thioether (sulfide) groups is 1. The van der Waals surface area contributed by atoms with Gasteiger partial charge in [-0.05, 0) is 24.6 Å². The summed E-state index contributed by atoms with van der Waals surface area (Å²) in [7, 11) is 3.06. The van der Waals surface area contributed by atoms with Crippen LogP contribution in [0.3, 0.4) is 0 Å². The third-order valence-corrected chi connectivity index (χ3v) is 6.86. The summed E-state index contributed by atoms with van der Waals surface area (Å²) in [6.07, 6.45) is 0.131. The Balaban J connectivity index is 1.79. The van der Waals surface area contributed by atoms with Crippen LogP contribution < -0.4 is 9.47 Å². The molecule has 1 saturated heterocycles. The second kappa shape index (κ2) is 7.71. The molecule has 0 unspecified atom stereocenters. The Hall–Kier alpha value is -2.95. The zero-order valence-corrected chi connectivity index (χ0v) is 17.8. The number of fused-ring (bicyclic) bond motifs is 1. The van der Waals surface area contributed by atoms with Crippen LogP contribution in [0.15, 0.2) is 53.1 Å². The van der Waals surface area contributed by atoms with Gasteiger partial charge in [-0.25, -0.2) is 0 Å². The highest BCUT2D eigenvalue weighted by atomic mass is 32.2. The van der Waals surface area contributed by atoms with Crippen LogP contribution in [0.1, 0.15) is 29.0 Å². The van der Waals surface area contributed by atoms with Crippen molar-refractivity contribution in [2.45, 2.75) is 25.0 Å². The van der Waals surface area contributed by atoms with Crippen molar-refractivity contribution in [1.29, 1.82) is 5.26 Å². The number of nitriles is 1. The number of hydrogen-bond acceptors (Lipinski definition) is 6. The summed E-state index contributed by atoms with van der Waals surface area (Å²) < 4.78 is 10.6. The summed E-state index contributed by atoms with van der Waals surface area (Å²) in [5.74, 6) is 0.711. The highest BCUT2D eigenvalue weighted by Crippen LogP contribution is 2.52. The molecule has 1 N–H and O–H groups in total. The average Bonchev–Trinajstić information content (AvgIpc) is 3.13. The number of aryl methyl sites for hydroxylation is 1. The second-order valence-electron chi connectivity index (χ2n) is 7.40. The molecule has 154 valence electrons. The van der Waals surface area contributed by atoms with E-state index in [2.05, 4.69) is 6.07 Å². The number of nitrogens with zero attached hydrogens (tertiary/aromatic N) is 2. The Morgan fingerprint density at radius 3 is 2.50 bits per heavy atom. The van der Waals surface area contributed by atoms with Gasteiger partial charge in [0.25, 0.3) is 0 Å². The highest BCUT2D eigenvalue weighted by molar-refractivity contribution is 8.03. The SMILES string of the molecule is COc1ccc([C@]2(O)CSC3=C(C#N)[C@H](c4ccc(C)cc4)CC(=O)N32)cc1OC. The standard InChI is InChI=1S/C23H22N2O4S/c1-14-4-6-15(7-5-14)17-11-21(26)25-22(18(17)12-24)30-13-23(25,27)16-8-9-19(28-2)20(10-16)29-3/h4-10,17,27H,11,13H2,1-3H3/t17-,23+/m0/s1. The molecule has 1 fully saturated rings. The first kappa shape index (κ1) is 20.3. The van der Waals surface area contributed by atoms with Gasteiger partial charge in [-0.2, -0.15) is 5.26 Å². The molecule has 2 atom stereocenters. The van der Waals surface area contributed by atoms with Crippen molar-refractivity contribution in [2.75, 3.05) is 20.0 Å². The van der Waals surface area contributed by atoms with Gasteiger partial charge in [0.15, 0.2) is 17.2 Å². The van der Waals surface area contributed by atoms with E-state index in [4.69, 9.17) is 9.47 Å². The molecule has 0 saturated carbocycles. The van der Waals surface area contributed by atoms with Gasteiger partial charge in [0.05, 0.1) is 36.6 Å². The smallest absolute Gasteiger partial charge is 0.231 e. The maximum absolute atomic E-state index is 13.2. The molecule has 2 heterocycles. The topological polar surface area (TPSA) is 82.8 Å². The van der Waals surface area contributed by atoms with Crippen LogP contribution >= 0.6 is 11.8 Å². The lowest BCUT2D eigenvalue weighted by atomic mass is 9.85. The first-order chi connectivity index (χ1) is 14.4. The van der Waals surface area contributed by atoms with Crippen LogP contribution in [0.5, 0.6) is 11.5 Å². The van der Waals surface area contributed by atoms with Crippen molar-refractivity contribution in [3.05, 3.63) is 69.8 Å². The molecule has 4 rings (SSSR count). The van der Waals surface area contributed by atoms with Gasteiger partial charge in [0.1, 0.15) is 0 Å². The van der Waals surface area contributed by atoms with Crippen molar-refractivity contribution in [3.8, 4) is 17.6 Å². The minimum atomic E-state index is -1.56. The Morgan fingerprint density at radius 1 is 1.17 bits per heavy atom. The molecule has 0 spiro atoms. The number of aliphatic hydroxyl groups is 1. The fraction of sp³-hybridized carbons (Fsp3) is 0.304. The zero-order valence-electron chi connectivity index (χ0n) is 17.0. The highest BCUT2D eigenvalue weighted by Gasteiger charge is 2.52. The van der Waals surface area contributed by atoms with E-state index in [1.54, 1.807) is 18.2 Å². The lowest BCUT2D eigenvalue weighted by molar-refractivity contribution is -0.149. The van der Waals surface area contributed by atoms with E-state index < -0.39 is 5.72 Å². The van der Waals surface area contributed by atoms with Gasteiger partial charge in [-0.3, -0.25) is 9.69 Å².